The molecule has 0 spiro atoms. The van der Waals surface area contributed by atoms with Crippen molar-refractivity contribution < 1.29 is 0 Å². The molecule has 1 aliphatic carbocycles. The van der Waals surface area contributed by atoms with Crippen molar-refractivity contribution in [2.75, 3.05) is 5.32 Å². The molecule has 1 saturated carbocycles. The van der Waals surface area contributed by atoms with Crippen LogP contribution in [-0.2, 0) is 0 Å². The second kappa shape index (κ2) is 5.43. The zero-order chi connectivity index (χ0) is 13.1. The Balaban J connectivity index is 1.69. The Morgan fingerprint density at radius 3 is 3.00 bits per heavy atom. The van der Waals surface area contributed by atoms with Gasteiger partial charge in [-0.2, -0.15) is 5.10 Å². The standard InChI is InChI=1S/C15H20N4/c1-2-12-5-3-6-14(12)18-13-7-8-15(16-11-13)19-10-4-9-17-19/h4,7-12,14,18H,2-3,5-6H2,1H3. The molecule has 0 bridgehead atoms. The molecule has 0 aromatic carbocycles. The van der Waals surface area contributed by atoms with Crippen LogP contribution >= 0.6 is 0 Å². The van der Waals surface area contributed by atoms with Gasteiger partial charge >= 0.3 is 0 Å². The molecule has 2 aromatic rings. The lowest BCUT2D eigenvalue weighted by molar-refractivity contribution is 0.489. The van der Waals surface area contributed by atoms with E-state index in [0.29, 0.717) is 6.04 Å². The zero-order valence-corrected chi connectivity index (χ0v) is 11.3. The number of nitrogens with zero attached hydrogens (tertiary/aromatic N) is 3. The van der Waals surface area contributed by atoms with E-state index in [-0.39, 0.29) is 0 Å². The first-order chi connectivity index (χ1) is 9.36. The van der Waals surface area contributed by atoms with Gasteiger partial charge in [-0.05, 0) is 37.0 Å². The first kappa shape index (κ1) is 12.2. The number of anilines is 1. The van der Waals surface area contributed by atoms with Crippen molar-refractivity contribution in [3.63, 3.8) is 0 Å². The van der Waals surface area contributed by atoms with E-state index in [9.17, 15) is 0 Å². The lowest BCUT2D eigenvalue weighted by Gasteiger charge is -2.20. The second-order valence-corrected chi connectivity index (χ2v) is 5.21. The van der Waals surface area contributed by atoms with E-state index < -0.39 is 0 Å². The molecule has 4 heteroatoms. The maximum Gasteiger partial charge on any atom is 0.153 e. The predicted molar refractivity (Wildman–Crippen MR) is 76.4 cm³/mol. The number of hydrogen-bond acceptors (Lipinski definition) is 3. The van der Waals surface area contributed by atoms with Crippen molar-refractivity contribution in [3.8, 4) is 5.82 Å². The summed E-state index contributed by atoms with van der Waals surface area (Å²) in [5, 5.41) is 7.80. The molecule has 1 aliphatic rings. The highest BCUT2D eigenvalue weighted by molar-refractivity contribution is 5.44. The van der Waals surface area contributed by atoms with Crippen LogP contribution in [0.5, 0.6) is 0 Å². The van der Waals surface area contributed by atoms with E-state index in [1.54, 1.807) is 10.9 Å². The molecule has 4 nitrogen and oxygen atoms in total. The molecule has 1 fully saturated rings. The maximum absolute atomic E-state index is 4.45. The molecule has 2 unspecified atom stereocenters. The molecule has 2 aromatic heterocycles. The SMILES string of the molecule is CCC1CCCC1Nc1ccc(-n2cccn2)nc1. The van der Waals surface area contributed by atoms with Crippen LogP contribution < -0.4 is 5.32 Å². The van der Waals surface area contributed by atoms with Gasteiger partial charge < -0.3 is 5.32 Å². The van der Waals surface area contributed by atoms with Crippen molar-refractivity contribution in [1.29, 1.82) is 0 Å². The third kappa shape index (κ3) is 2.62. The summed E-state index contributed by atoms with van der Waals surface area (Å²) in [5.74, 6) is 1.67. The molecule has 1 N–H and O–H groups in total. The minimum absolute atomic E-state index is 0.613. The van der Waals surface area contributed by atoms with Crippen molar-refractivity contribution in [2.24, 2.45) is 5.92 Å². The van der Waals surface area contributed by atoms with E-state index >= 15 is 0 Å². The summed E-state index contributed by atoms with van der Waals surface area (Å²) in [7, 11) is 0. The summed E-state index contributed by atoms with van der Waals surface area (Å²) < 4.78 is 1.77. The van der Waals surface area contributed by atoms with Crippen LogP contribution in [0, 0.1) is 5.92 Å². The zero-order valence-electron chi connectivity index (χ0n) is 11.3. The van der Waals surface area contributed by atoms with Gasteiger partial charge in [-0.15, -0.1) is 0 Å². The Hall–Kier alpha value is -1.84. The van der Waals surface area contributed by atoms with Gasteiger partial charge in [-0.3, -0.25) is 0 Å². The molecule has 0 amide bonds. The fourth-order valence-electron chi connectivity index (χ4n) is 2.94. The van der Waals surface area contributed by atoms with Crippen LogP contribution in [0.2, 0.25) is 0 Å². The summed E-state index contributed by atoms with van der Waals surface area (Å²) >= 11 is 0. The average Bonchev–Trinajstić information content (AvgIpc) is 3.10. The van der Waals surface area contributed by atoms with Crippen LogP contribution in [0.3, 0.4) is 0 Å². The first-order valence-electron chi connectivity index (χ1n) is 7.09. The van der Waals surface area contributed by atoms with Gasteiger partial charge in [0, 0.05) is 18.4 Å². The summed E-state index contributed by atoms with van der Waals surface area (Å²) in [6.45, 7) is 2.28. The quantitative estimate of drug-likeness (QED) is 0.913. The van der Waals surface area contributed by atoms with Crippen molar-refractivity contribution in [1.82, 2.24) is 14.8 Å². The van der Waals surface area contributed by atoms with Gasteiger partial charge in [0.05, 0.1) is 11.9 Å². The summed E-state index contributed by atoms with van der Waals surface area (Å²) in [4.78, 5) is 4.45. The smallest absolute Gasteiger partial charge is 0.153 e. The number of nitrogens with one attached hydrogen (secondary N) is 1. The number of rotatable bonds is 4. The number of hydrogen-bond donors (Lipinski definition) is 1. The van der Waals surface area contributed by atoms with Crippen molar-refractivity contribution in [3.05, 3.63) is 36.8 Å². The summed E-state index contributed by atoms with van der Waals surface area (Å²) in [6.07, 6.45) is 10.8. The summed E-state index contributed by atoms with van der Waals surface area (Å²) in [5.41, 5.74) is 1.11. The normalized spacial score (nSPS) is 22.6. The fourth-order valence-corrected chi connectivity index (χ4v) is 2.94. The third-order valence-electron chi connectivity index (χ3n) is 4.02. The Bertz CT molecular complexity index is 503. The molecule has 0 aliphatic heterocycles. The molecular weight excluding hydrogens is 236 g/mol. The molecule has 0 saturated heterocycles. The van der Waals surface area contributed by atoms with E-state index in [2.05, 4.69) is 28.4 Å². The van der Waals surface area contributed by atoms with Gasteiger partial charge in [0.25, 0.3) is 0 Å². The molecule has 2 atom stereocenters. The third-order valence-corrected chi connectivity index (χ3v) is 4.02. The predicted octanol–water partition coefficient (Wildman–Crippen LogP) is 3.26. The van der Waals surface area contributed by atoms with E-state index in [4.69, 9.17) is 0 Å². The topological polar surface area (TPSA) is 42.7 Å². The van der Waals surface area contributed by atoms with Gasteiger partial charge in [-0.1, -0.05) is 19.8 Å². The first-order valence-corrected chi connectivity index (χ1v) is 7.09. The molecule has 3 rings (SSSR count). The van der Waals surface area contributed by atoms with Gasteiger partial charge in [0.2, 0.25) is 0 Å². The molecular formula is C15H20N4. The van der Waals surface area contributed by atoms with Gasteiger partial charge in [0.15, 0.2) is 5.82 Å². The Morgan fingerprint density at radius 2 is 2.32 bits per heavy atom. The fraction of sp³-hybridized carbons (Fsp3) is 0.467. The Labute approximate surface area is 113 Å². The Morgan fingerprint density at radius 1 is 1.37 bits per heavy atom. The highest BCUT2D eigenvalue weighted by Gasteiger charge is 2.25. The summed E-state index contributed by atoms with van der Waals surface area (Å²) in [6, 6.07) is 6.61. The van der Waals surface area contributed by atoms with Gasteiger partial charge in [-0.25, -0.2) is 9.67 Å². The van der Waals surface area contributed by atoms with E-state index in [0.717, 1.165) is 17.4 Å². The van der Waals surface area contributed by atoms with E-state index in [1.807, 2.05) is 24.5 Å². The molecule has 19 heavy (non-hydrogen) atoms. The molecule has 0 radical (unpaired) electrons. The van der Waals surface area contributed by atoms with Crippen LogP contribution in [0.1, 0.15) is 32.6 Å². The highest BCUT2D eigenvalue weighted by atomic mass is 15.3. The molecule has 100 valence electrons. The highest BCUT2D eigenvalue weighted by Crippen LogP contribution is 2.30. The average molecular weight is 256 g/mol. The van der Waals surface area contributed by atoms with Crippen LogP contribution in [0.25, 0.3) is 5.82 Å². The lowest BCUT2D eigenvalue weighted by atomic mass is 10.0. The minimum atomic E-state index is 0.613. The Kier molecular flexibility index (Phi) is 3.49. The lowest BCUT2D eigenvalue weighted by Crippen LogP contribution is -2.23. The minimum Gasteiger partial charge on any atom is -0.381 e. The van der Waals surface area contributed by atoms with E-state index in [1.165, 1.54) is 25.7 Å². The van der Waals surface area contributed by atoms with Gasteiger partial charge in [0.1, 0.15) is 0 Å². The van der Waals surface area contributed by atoms with Crippen LogP contribution in [-0.4, -0.2) is 20.8 Å². The second-order valence-electron chi connectivity index (χ2n) is 5.21. The number of aromatic nitrogens is 3. The maximum atomic E-state index is 4.45. The van der Waals surface area contributed by atoms with Crippen molar-refractivity contribution in [2.45, 2.75) is 38.6 Å². The van der Waals surface area contributed by atoms with Crippen LogP contribution in [0.15, 0.2) is 36.8 Å². The number of pyridine rings is 1. The van der Waals surface area contributed by atoms with Crippen molar-refractivity contribution >= 4 is 5.69 Å². The van der Waals surface area contributed by atoms with Crippen LogP contribution in [0.4, 0.5) is 5.69 Å². The molecule has 2 heterocycles. The monoisotopic (exact) mass is 256 g/mol. The largest absolute Gasteiger partial charge is 0.381 e.